The van der Waals surface area contributed by atoms with Crippen LogP contribution in [-0.2, 0) is 11.3 Å². The topological polar surface area (TPSA) is 21.3 Å². The molecule has 0 fully saturated rings. The molecule has 0 aliphatic rings. The molecular formula is C15H24FNO. The second-order valence-electron chi connectivity index (χ2n) is 5.33. The maximum absolute atomic E-state index is 13.4. The second kappa shape index (κ2) is 6.86. The quantitative estimate of drug-likeness (QED) is 0.803. The van der Waals surface area contributed by atoms with E-state index >= 15 is 0 Å². The average molecular weight is 253 g/mol. The van der Waals surface area contributed by atoms with Crippen molar-refractivity contribution in [1.82, 2.24) is 5.32 Å². The van der Waals surface area contributed by atoms with Crippen molar-refractivity contribution >= 4 is 0 Å². The molecular weight excluding hydrogens is 229 g/mol. The van der Waals surface area contributed by atoms with Gasteiger partial charge in [0.1, 0.15) is 5.82 Å². The molecule has 1 atom stereocenters. The summed E-state index contributed by atoms with van der Waals surface area (Å²) in [7, 11) is 0. The van der Waals surface area contributed by atoms with Crippen molar-refractivity contribution < 1.29 is 9.13 Å². The van der Waals surface area contributed by atoms with Gasteiger partial charge in [-0.3, -0.25) is 0 Å². The molecule has 1 aromatic carbocycles. The number of nitrogens with one attached hydrogen (secondary N) is 1. The van der Waals surface area contributed by atoms with Gasteiger partial charge >= 0.3 is 0 Å². The second-order valence-corrected chi connectivity index (χ2v) is 5.33. The molecule has 0 heterocycles. The van der Waals surface area contributed by atoms with Crippen LogP contribution in [-0.4, -0.2) is 18.2 Å². The van der Waals surface area contributed by atoms with Crippen molar-refractivity contribution in [2.75, 3.05) is 6.54 Å². The maximum Gasteiger partial charge on any atom is 0.128 e. The Morgan fingerprint density at radius 3 is 2.61 bits per heavy atom. The Kier molecular flexibility index (Phi) is 5.76. The Bertz CT molecular complexity index is 365. The first kappa shape index (κ1) is 15.1. The van der Waals surface area contributed by atoms with Crippen molar-refractivity contribution in [3.8, 4) is 0 Å². The Hall–Kier alpha value is -0.930. The van der Waals surface area contributed by atoms with Crippen LogP contribution in [0.5, 0.6) is 0 Å². The van der Waals surface area contributed by atoms with Crippen LogP contribution in [0.15, 0.2) is 24.3 Å². The molecule has 102 valence electrons. The molecule has 3 heteroatoms. The van der Waals surface area contributed by atoms with Gasteiger partial charge in [0, 0.05) is 17.6 Å². The van der Waals surface area contributed by atoms with E-state index in [-0.39, 0.29) is 17.5 Å². The average Bonchev–Trinajstić information content (AvgIpc) is 2.35. The zero-order valence-electron chi connectivity index (χ0n) is 11.8. The maximum atomic E-state index is 13.4. The summed E-state index contributed by atoms with van der Waals surface area (Å²) >= 11 is 0. The number of halogens is 1. The van der Waals surface area contributed by atoms with E-state index in [9.17, 15) is 4.39 Å². The monoisotopic (exact) mass is 253 g/mol. The van der Waals surface area contributed by atoms with E-state index in [0.717, 1.165) is 13.0 Å². The number of benzene rings is 1. The highest BCUT2D eigenvalue weighted by Crippen LogP contribution is 2.10. The third kappa shape index (κ3) is 5.15. The third-order valence-corrected chi connectivity index (χ3v) is 3.23. The Labute approximate surface area is 110 Å². The van der Waals surface area contributed by atoms with Crippen LogP contribution in [0.1, 0.15) is 39.7 Å². The molecule has 0 bridgehead atoms. The normalized spacial score (nSPS) is 13.6. The summed E-state index contributed by atoms with van der Waals surface area (Å²) in [5, 5.41) is 3.44. The summed E-state index contributed by atoms with van der Waals surface area (Å²) in [4.78, 5) is 0. The Morgan fingerprint density at radius 1 is 1.33 bits per heavy atom. The minimum absolute atomic E-state index is 0.0652. The van der Waals surface area contributed by atoms with Gasteiger partial charge in [0.2, 0.25) is 0 Å². The fraction of sp³-hybridized carbons (Fsp3) is 0.600. The lowest BCUT2D eigenvalue weighted by Gasteiger charge is -2.26. The van der Waals surface area contributed by atoms with Crippen molar-refractivity contribution in [1.29, 1.82) is 0 Å². The molecule has 1 unspecified atom stereocenters. The molecule has 1 N–H and O–H groups in total. The van der Waals surface area contributed by atoms with E-state index in [0.29, 0.717) is 12.2 Å². The summed E-state index contributed by atoms with van der Waals surface area (Å²) < 4.78 is 19.0. The predicted molar refractivity (Wildman–Crippen MR) is 73.0 cm³/mol. The summed E-state index contributed by atoms with van der Waals surface area (Å²) in [6, 6.07) is 6.73. The van der Waals surface area contributed by atoms with Crippen molar-refractivity contribution in [2.45, 2.75) is 52.4 Å². The molecule has 1 rings (SSSR count). The lowest BCUT2D eigenvalue weighted by atomic mass is 10.0. The van der Waals surface area contributed by atoms with Gasteiger partial charge in [0.25, 0.3) is 0 Å². The van der Waals surface area contributed by atoms with Crippen LogP contribution in [0.4, 0.5) is 4.39 Å². The van der Waals surface area contributed by atoms with Crippen LogP contribution >= 0.6 is 0 Å². The molecule has 1 aromatic rings. The van der Waals surface area contributed by atoms with E-state index in [2.05, 4.69) is 26.1 Å². The summed E-state index contributed by atoms with van der Waals surface area (Å²) in [6.07, 6.45) is 1.13. The molecule has 0 spiro atoms. The fourth-order valence-electron chi connectivity index (χ4n) is 1.45. The smallest absolute Gasteiger partial charge is 0.128 e. The summed E-state index contributed by atoms with van der Waals surface area (Å²) in [5.41, 5.74) is 0.731. The SMILES string of the molecule is CCC(C)(C)NCC(C)OCc1ccccc1F. The van der Waals surface area contributed by atoms with Crippen LogP contribution in [0, 0.1) is 5.82 Å². The van der Waals surface area contributed by atoms with E-state index in [1.165, 1.54) is 6.07 Å². The lowest BCUT2D eigenvalue weighted by Crippen LogP contribution is -2.42. The van der Waals surface area contributed by atoms with E-state index in [1.807, 2.05) is 13.0 Å². The minimum Gasteiger partial charge on any atom is -0.372 e. The Balaban J connectivity index is 2.34. The van der Waals surface area contributed by atoms with Crippen molar-refractivity contribution in [3.05, 3.63) is 35.6 Å². The number of hydrogen-bond donors (Lipinski definition) is 1. The highest BCUT2D eigenvalue weighted by molar-refractivity contribution is 5.16. The Morgan fingerprint density at radius 2 is 2.00 bits per heavy atom. The molecule has 0 radical (unpaired) electrons. The molecule has 2 nitrogen and oxygen atoms in total. The summed E-state index contributed by atoms with van der Waals surface area (Å²) in [5.74, 6) is -0.202. The molecule has 0 amide bonds. The standard InChI is InChI=1S/C15H24FNO/c1-5-15(3,4)17-10-12(2)18-11-13-8-6-7-9-14(13)16/h6-9,12,17H,5,10-11H2,1-4H3. The number of hydrogen-bond acceptors (Lipinski definition) is 2. The molecule has 0 aromatic heterocycles. The van der Waals surface area contributed by atoms with Gasteiger partial charge < -0.3 is 10.1 Å². The van der Waals surface area contributed by atoms with Gasteiger partial charge in [-0.1, -0.05) is 25.1 Å². The molecule has 0 aliphatic heterocycles. The first-order chi connectivity index (χ1) is 8.44. The van der Waals surface area contributed by atoms with Crippen molar-refractivity contribution in [2.24, 2.45) is 0 Å². The van der Waals surface area contributed by atoms with Crippen molar-refractivity contribution in [3.63, 3.8) is 0 Å². The summed E-state index contributed by atoms with van der Waals surface area (Å²) in [6.45, 7) is 9.57. The number of rotatable bonds is 7. The predicted octanol–water partition coefficient (Wildman–Crippen LogP) is 3.51. The first-order valence-electron chi connectivity index (χ1n) is 6.54. The molecule has 18 heavy (non-hydrogen) atoms. The zero-order valence-corrected chi connectivity index (χ0v) is 11.8. The van der Waals surface area contributed by atoms with Gasteiger partial charge in [-0.25, -0.2) is 4.39 Å². The third-order valence-electron chi connectivity index (χ3n) is 3.23. The highest BCUT2D eigenvalue weighted by Gasteiger charge is 2.15. The van der Waals surface area contributed by atoms with E-state index in [1.54, 1.807) is 12.1 Å². The van der Waals surface area contributed by atoms with Gasteiger partial charge in [-0.15, -0.1) is 0 Å². The molecule has 0 saturated carbocycles. The van der Waals surface area contributed by atoms with Gasteiger partial charge in [-0.05, 0) is 33.3 Å². The fourth-order valence-corrected chi connectivity index (χ4v) is 1.45. The van der Waals surface area contributed by atoms with Crippen LogP contribution < -0.4 is 5.32 Å². The van der Waals surface area contributed by atoms with Gasteiger partial charge in [-0.2, -0.15) is 0 Å². The van der Waals surface area contributed by atoms with Crippen LogP contribution in [0.3, 0.4) is 0 Å². The first-order valence-corrected chi connectivity index (χ1v) is 6.54. The van der Waals surface area contributed by atoms with Crippen LogP contribution in [0.25, 0.3) is 0 Å². The number of ether oxygens (including phenoxy) is 1. The van der Waals surface area contributed by atoms with Crippen LogP contribution in [0.2, 0.25) is 0 Å². The highest BCUT2D eigenvalue weighted by atomic mass is 19.1. The zero-order chi connectivity index (χ0) is 13.6. The lowest BCUT2D eigenvalue weighted by molar-refractivity contribution is 0.0467. The molecule has 0 saturated heterocycles. The molecule has 0 aliphatic carbocycles. The van der Waals surface area contributed by atoms with E-state index < -0.39 is 0 Å². The minimum atomic E-state index is -0.202. The van der Waals surface area contributed by atoms with E-state index in [4.69, 9.17) is 4.74 Å². The van der Waals surface area contributed by atoms with Gasteiger partial charge in [0.15, 0.2) is 0 Å². The largest absolute Gasteiger partial charge is 0.372 e. The van der Waals surface area contributed by atoms with Gasteiger partial charge in [0.05, 0.1) is 12.7 Å².